The first-order valence-electron chi connectivity index (χ1n) is 8.09. The summed E-state index contributed by atoms with van der Waals surface area (Å²) in [6, 6.07) is 7.06. The number of hydrogen-bond acceptors (Lipinski definition) is 3. The maximum Gasteiger partial charge on any atom is 0.405 e. The second-order valence-electron chi connectivity index (χ2n) is 6.28. The average Bonchev–Trinajstić information content (AvgIpc) is 2.92. The van der Waals surface area contributed by atoms with Crippen LogP contribution in [0.15, 0.2) is 24.3 Å². The summed E-state index contributed by atoms with van der Waals surface area (Å²) in [6.07, 6.45) is -2.95. The summed E-state index contributed by atoms with van der Waals surface area (Å²) < 4.78 is 42.4. The van der Waals surface area contributed by atoms with Gasteiger partial charge in [0, 0.05) is 6.54 Å². The largest absolute Gasteiger partial charge is 0.491 e. The van der Waals surface area contributed by atoms with Gasteiger partial charge in [-0.3, -0.25) is 9.69 Å². The van der Waals surface area contributed by atoms with Gasteiger partial charge >= 0.3 is 6.18 Å². The molecule has 24 heavy (non-hydrogen) atoms. The van der Waals surface area contributed by atoms with Gasteiger partial charge in [0.25, 0.3) is 0 Å². The number of likely N-dealkylation sites (tertiary alicyclic amines) is 1. The van der Waals surface area contributed by atoms with E-state index in [2.05, 4.69) is 0 Å². The van der Waals surface area contributed by atoms with Crippen LogP contribution < -0.4 is 10.1 Å². The summed E-state index contributed by atoms with van der Waals surface area (Å²) in [7, 11) is 0. The van der Waals surface area contributed by atoms with Crippen LogP contribution in [0, 0.1) is 0 Å². The predicted octanol–water partition coefficient (Wildman–Crippen LogP) is 3.12. The number of ether oxygens (including phenoxy) is 1. The highest BCUT2D eigenvalue weighted by Crippen LogP contribution is 2.23. The fourth-order valence-electron chi connectivity index (χ4n) is 2.84. The number of rotatable bonds is 6. The lowest BCUT2D eigenvalue weighted by Crippen LogP contribution is -2.45. The standard InChI is InChI=1S/C17H23F3N2O2/c1-12(2)24-14-6-3-5-13(9-14)10-22-8-4-7-15(22)16(23)21-11-17(18,19)20/h3,5-6,9,12,15H,4,7-8,10-11H2,1-2H3,(H,21,23). The predicted molar refractivity (Wildman–Crippen MR) is 84.7 cm³/mol. The first kappa shape index (κ1) is 18.6. The van der Waals surface area contributed by atoms with Crippen molar-refractivity contribution in [2.75, 3.05) is 13.1 Å². The number of amides is 1. The summed E-state index contributed by atoms with van der Waals surface area (Å²) in [5.74, 6) is 0.194. The van der Waals surface area contributed by atoms with Gasteiger partial charge in [-0.1, -0.05) is 12.1 Å². The minimum Gasteiger partial charge on any atom is -0.491 e. The van der Waals surface area contributed by atoms with E-state index in [-0.39, 0.29) is 6.10 Å². The molecule has 1 unspecified atom stereocenters. The molecule has 0 aliphatic carbocycles. The number of alkyl halides is 3. The summed E-state index contributed by atoms with van der Waals surface area (Å²) in [5, 5.41) is 1.99. The third-order valence-corrected chi connectivity index (χ3v) is 3.79. The molecule has 1 aromatic rings. The van der Waals surface area contributed by atoms with Gasteiger partial charge in [-0.15, -0.1) is 0 Å². The lowest BCUT2D eigenvalue weighted by atomic mass is 10.1. The first-order chi connectivity index (χ1) is 11.2. The van der Waals surface area contributed by atoms with Crippen LogP contribution in [0.4, 0.5) is 13.2 Å². The molecular weight excluding hydrogens is 321 g/mol. The molecule has 2 rings (SSSR count). The second kappa shape index (κ2) is 7.88. The van der Waals surface area contributed by atoms with Gasteiger partial charge < -0.3 is 10.1 Å². The van der Waals surface area contributed by atoms with E-state index in [9.17, 15) is 18.0 Å². The summed E-state index contributed by atoms with van der Waals surface area (Å²) in [5.41, 5.74) is 0.976. The van der Waals surface area contributed by atoms with Gasteiger partial charge in [-0.05, 0) is 50.9 Å². The van der Waals surface area contributed by atoms with Crippen LogP contribution in [-0.4, -0.2) is 42.2 Å². The van der Waals surface area contributed by atoms with Crippen molar-refractivity contribution in [2.24, 2.45) is 0 Å². The van der Waals surface area contributed by atoms with Crippen LogP contribution >= 0.6 is 0 Å². The molecule has 1 fully saturated rings. The van der Waals surface area contributed by atoms with E-state index in [1.807, 2.05) is 48.3 Å². The van der Waals surface area contributed by atoms with Gasteiger partial charge in [0.2, 0.25) is 5.91 Å². The van der Waals surface area contributed by atoms with E-state index in [1.54, 1.807) is 0 Å². The smallest absolute Gasteiger partial charge is 0.405 e. The molecule has 1 heterocycles. The highest BCUT2D eigenvalue weighted by Gasteiger charge is 2.34. The Hall–Kier alpha value is -1.76. The number of halogens is 3. The minimum atomic E-state index is -4.39. The summed E-state index contributed by atoms with van der Waals surface area (Å²) >= 11 is 0. The summed E-state index contributed by atoms with van der Waals surface area (Å²) in [6.45, 7) is 3.80. The van der Waals surface area contributed by atoms with Crippen molar-refractivity contribution in [3.05, 3.63) is 29.8 Å². The number of carbonyl (C=O) groups excluding carboxylic acids is 1. The van der Waals surface area contributed by atoms with Crippen LogP contribution in [0.3, 0.4) is 0 Å². The lowest BCUT2D eigenvalue weighted by Gasteiger charge is -2.24. The van der Waals surface area contributed by atoms with Gasteiger partial charge in [0.15, 0.2) is 0 Å². The van der Waals surface area contributed by atoms with Crippen LogP contribution in [0.1, 0.15) is 32.3 Å². The SMILES string of the molecule is CC(C)Oc1cccc(CN2CCCC2C(=O)NCC(F)(F)F)c1. The molecular formula is C17H23F3N2O2. The Morgan fingerprint density at radius 2 is 2.17 bits per heavy atom. The van der Waals surface area contributed by atoms with E-state index in [0.29, 0.717) is 19.5 Å². The van der Waals surface area contributed by atoms with E-state index in [0.717, 1.165) is 17.7 Å². The average molecular weight is 344 g/mol. The molecule has 0 bridgehead atoms. The van der Waals surface area contributed by atoms with Crippen LogP contribution in [-0.2, 0) is 11.3 Å². The van der Waals surface area contributed by atoms with Crippen molar-refractivity contribution in [1.29, 1.82) is 0 Å². The monoisotopic (exact) mass is 344 g/mol. The molecule has 134 valence electrons. The molecule has 7 heteroatoms. The quantitative estimate of drug-likeness (QED) is 0.862. The Kier molecular flexibility index (Phi) is 6.10. The van der Waals surface area contributed by atoms with Crippen molar-refractivity contribution >= 4 is 5.91 Å². The van der Waals surface area contributed by atoms with Crippen molar-refractivity contribution < 1.29 is 22.7 Å². The molecule has 0 aromatic heterocycles. The number of nitrogens with one attached hydrogen (secondary N) is 1. The number of benzene rings is 1. The maximum atomic E-state index is 12.3. The van der Waals surface area contributed by atoms with Crippen LogP contribution in [0.25, 0.3) is 0 Å². The highest BCUT2D eigenvalue weighted by atomic mass is 19.4. The minimum absolute atomic E-state index is 0.0629. The zero-order valence-electron chi connectivity index (χ0n) is 13.9. The molecule has 1 amide bonds. The molecule has 1 aliphatic rings. The Bertz CT molecular complexity index is 561. The maximum absolute atomic E-state index is 12.3. The topological polar surface area (TPSA) is 41.6 Å². The molecule has 0 radical (unpaired) electrons. The zero-order valence-corrected chi connectivity index (χ0v) is 13.9. The van der Waals surface area contributed by atoms with E-state index >= 15 is 0 Å². The molecule has 0 spiro atoms. The molecule has 1 N–H and O–H groups in total. The van der Waals surface area contributed by atoms with Gasteiger partial charge in [-0.25, -0.2) is 0 Å². The van der Waals surface area contributed by atoms with Crippen LogP contribution in [0.2, 0.25) is 0 Å². The van der Waals surface area contributed by atoms with Crippen molar-refractivity contribution in [2.45, 2.75) is 51.6 Å². The number of hydrogen-bond donors (Lipinski definition) is 1. The molecule has 1 saturated heterocycles. The van der Waals surface area contributed by atoms with E-state index in [4.69, 9.17) is 4.74 Å². The van der Waals surface area contributed by atoms with E-state index < -0.39 is 24.7 Å². The fourth-order valence-corrected chi connectivity index (χ4v) is 2.84. The second-order valence-corrected chi connectivity index (χ2v) is 6.28. The first-order valence-corrected chi connectivity index (χ1v) is 8.09. The van der Waals surface area contributed by atoms with Gasteiger partial charge in [0.1, 0.15) is 12.3 Å². The molecule has 1 aromatic carbocycles. The highest BCUT2D eigenvalue weighted by molar-refractivity contribution is 5.82. The molecule has 1 atom stereocenters. The van der Waals surface area contributed by atoms with Crippen molar-refractivity contribution in [1.82, 2.24) is 10.2 Å². The summed E-state index contributed by atoms with van der Waals surface area (Å²) in [4.78, 5) is 13.9. The number of carbonyl (C=O) groups is 1. The molecule has 0 saturated carbocycles. The Labute approximate surface area is 140 Å². The normalized spacial score (nSPS) is 18.8. The lowest BCUT2D eigenvalue weighted by molar-refractivity contribution is -0.141. The number of nitrogens with zero attached hydrogens (tertiary/aromatic N) is 1. The molecule has 4 nitrogen and oxygen atoms in total. The van der Waals surface area contributed by atoms with E-state index in [1.165, 1.54) is 0 Å². The van der Waals surface area contributed by atoms with Gasteiger partial charge in [0.05, 0.1) is 12.1 Å². The Morgan fingerprint density at radius 3 is 2.83 bits per heavy atom. The van der Waals surface area contributed by atoms with Gasteiger partial charge in [-0.2, -0.15) is 13.2 Å². The molecule has 1 aliphatic heterocycles. The zero-order chi connectivity index (χ0) is 17.7. The third-order valence-electron chi connectivity index (χ3n) is 3.79. The van der Waals surface area contributed by atoms with Crippen molar-refractivity contribution in [3.63, 3.8) is 0 Å². The fraction of sp³-hybridized carbons (Fsp3) is 0.588. The third kappa shape index (κ3) is 5.70. The Morgan fingerprint density at radius 1 is 1.42 bits per heavy atom. The Balaban J connectivity index is 1.97. The van der Waals surface area contributed by atoms with Crippen LogP contribution in [0.5, 0.6) is 5.75 Å². The van der Waals surface area contributed by atoms with Crippen molar-refractivity contribution in [3.8, 4) is 5.75 Å².